The summed E-state index contributed by atoms with van der Waals surface area (Å²) in [5.74, 6) is -5.65. The van der Waals surface area contributed by atoms with Crippen molar-refractivity contribution in [3.8, 4) is 0 Å². The highest BCUT2D eigenvalue weighted by molar-refractivity contribution is 6.34. The lowest BCUT2D eigenvalue weighted by molar-refractivity contribution is -0.140. The summed E-state index contributed by atoms with van der Waals surface area (Å²) in [6, 6.07) is 11.2. The third kappa shape index (κ3) is 10.4. The molecule has 1 aliphatic heterocycles. The summed E-state index contributed by atoms with van der Waals surface area (Å²) in [7, 11) is 0. The zero-order chi connectivity index (χ0) is 33.3. The predicted molar refractivity (Wildman–Crippen MR) is 172 cm³/mol. The molecule has 2 aromatic rings. The number of alkyl halides is 2. The van der Waals surface area contributed by atoms with Crippen LogP contribution < -0.4 is 16.0 Å². The minimum atomic E-state index is -3.27. The third-order valence-corrected chi connectivity index (χ3v) is 8.20. The molecule has 1 saturated heterocycles. The van der Waals surface area contributed by atoms with E-state index in [0.717, 1.165) is 36.2 Å². The summed E-state index contributed by atoms with van der Waals surface area (Å²) >= 11 is 6.17. The molecular weight excluding hydrogens is 602 g/mol. The van der Waals surface area contributed by atoms with Gasteiger partial charge in [-0.05, 0) is 69.2 Å². The van der Waals surface area contributed by atoms with Gasteiger partial charge in [0.25, 0.3) is 11.8 Å². The van der Waals surface area contributed by atoms with E-state index >= 15 is 0 Å². The molecule has 1 heterocycles. The molecule has 1 aliphatic rings. The van der Waals surface area contributed by atoms with Crippen LogP contribution in [0.1, 0.15) is 75.7 Å². The maximum atomic E-state index is 14.7. The van der Waals surface area contributed by atoms with Gasteiger partial charge in [0, 0.05) is 24.9 Å². The standard InChI is InChI=1S/C34H43ClF2N4O4/c1-6-10-25(14-13-24-11-8-7-9-12-24)29(17-21(2)3)40-32(44)30-19-34(36,37)20-41(30)33(45)22(4)38-31(43)26-15-16-28(27(35)18-26)39-23(5)42/h7-9,11-12,15-16,18,22,25,29-30H,2,6,10,13-14,17,19-20H2,1,3-5H3,(H,38,43)(H,39,42)(H,40,44). The highest BCUT2D eigenvalue weighted by Crippen LogP contribution is 2.33. The fourth-order valence-corrected chi connectivity index (χ4v) is 5.95. The van der Waals surface area contributed by atoms with Gasteiger partial charge in [-0.3, -0.25) is 19.2 Å². The van der Waals surface area contributed by atoms with Crippen molar-refractivity contribution in [3.05, 3.63) is 76.8 Å². The molecule has 8 nitrogen and oxygen atoms in total. The highest BCUT2D eigenvalue weighted by atomic mass is 35.5. The molecule has 0 bridgehead atoms. The van der Waals surface area contributed by atoms with E-state index in [0.29, 0.717) is 12.1 Å². The monoisotopic (exact) mass is 644 g/mol. The predicted octanol–water partition coefficient (Wildman–Crippen LogP) is 6.15. The number of carbonyl (C=O) groups is 4. The Labute approximate surface area is 269 Å². The van der Waals surface area contributed by atoms with Crippen molar-refractivity contribution in [3.63, 3.8) is 0 Å². The minimum absolute atomic E-state index is 0.0731. The Kier molecular flexibility index (Phi) is 12.7. The molecule has 45 heavy (non-hydrogen) atoms. The molecule has 11 heteroatoms. The quantitative estimate of drug-likeness (QED) is 0.214. The lowest BCUT2D eigenvalue weighted by Gasteiger charge is -2.32. The number of halogens is 3. The van der Waals surface area contributed by atoms with Gasteiger partial charge < -0.3 is 20.9 Å². The number of nitrogens with zero attached hydrogens (tertiary/aromatic N) is 1. The second kappa shape index (κ2) is 16.0. The Morgan fingerprint density at radius 3 is 2.36 bits per heavy atom. The molecule has 2 aromatic carbocycles. The number of hydrogen-bond acceptors (Lipinski definition) is 4. The van der Waals surface area contributed by atoms with Crippen LogP contribution in [0.5, 0.6) is 0 Å². The van der Waals surface area contributed by atoms with E-state index in [4.69, 9.17) is 11.6 Å². The zero-order valence-corrected chi connectivity index (χ0v) is 27.1. The minimum Gasteiger partial charge on any atom is -0.351 e. The van der Waals surface area contributed by atoms with Gasteiger partial charge in [-0.1, -0.05) is 60.9 Å². The van der Waals surface area contributed by atoms with Gasteiger partial charge in [-0.2, -0.15) is 0 Å². The molecule has 1 fully saturated rings. The molecule has 244 valence electrons. The van der Waals surface area contributed by atoms with Crippen LogP contribution in [-0.4, -0.2) is 59.1 Å². The molecular formula is C34H43ClF2N4O4. The molecule has 0 aliphatic carbocycles. The number of carbonyl (C=O) groups excluding carboxylic acids is 4. The van der Waals surface area contributed by atoms with E-state index in [1.807, 2.05) is 25.1 Å². The first-order valence-corrected chi connectivity index (χ1v) is 15.6. The molecule has 3 N–H and O–H groups in total. The van der Waals surface area contributed by atoms with Crippen LogP contribution in [0, 0.1) is 5.92 Å². The highest BCUT2D eigenvalue weighted by Gasteiger charge is 2.51. The van der Waals surface area contributed by atoms with Gasteiger partial charge in [-0.15, -0.1) is 6.58 Å². The first kappa shape index (κ1) is 35.7. The van der Waals surface area contributed by atoms with Crippen LogP contribution in [0.2, 0.25) is 5.02 Å². The summed E-state index contributed by atoms with van der Waals surface area (Å²) in [4.78, 5) is 52.1. The number of amides is 4. The molecule has 0 aromatic heterocycles. The molecule has 0 radical (unpaired) electrons. The first-order chi connectivity index (χ1) is 21.2. The largest absolute Gasteiger partial charge is 0.351 e. The van der Waals surface area contributed by atoms with E-state index in [-0.39, 0.29) is 28.5 Å². The van der Waals surface area contributed by atoms with Crippen molar-refractivity contribution in [1.29, 1.82) is 0 Å². The molecule has 3 rings (SSSR count). The van der Waals surface area contributed by atoms with Crippen LogP contribution in [0.25, 0.3) is 0 Å². The van der Waals surface area contributed by atoms with Gasteiger partial charge >= 0.3 is 0 Å². The summed E-state index contributed by atoms with van der Waals surface area (Å²) in [5, 5.41) is 8.17. The number of aryl methyl sites for hydroxylation is 1. The van der Waals surface area contributed by atoms with E-state index in [1.54, 1.807) is 0 Å². The van der Waals surface area contributed by atoms with E-state index < -0.39 is 48.7 Å². The number of benzene rings is 2. The maximum Gasteiger partial charge on any atom is 0.267 e. The Balaban J connectivity index is 1.74. The molecule has 4 amide bonds. The average Bonchev–Trinajstić information content (AvgIpc) is 3.30. The summed E-state index contributed by atoms with van der Waals surface area (Å²) in [6.45, 7) is 9.71. The summed E-state index contributed by atoms with van der Waals surface area (Å²) in [5.41, 5.74) is 2.44. The maximum absolute atomic E-state index is 14.7. The van der Waals surface area contributed by atoms with E-state index in [9.17, 15) is 28.0 Å². The van der Waals surface area contributed by atoms with Gasteiger partial charge in [-0.25, -0.2) is 8.78 Å². The second-order valence-corrected chi connectivity index (χ2v) is 12.4. The normalized spacial score (nSPS) is 17.6. The summed E-state index contributed by atoms with van der Waals surface area (Å²) in [6.07, 6.45) is 2.97. The van der Waals surface area contributed by atoms with Crippen molar-refractivity contribution in [1.82, 2.24) is 15.5 Å². The first-order valence-electron chi connectivity index (χ1n) is 15.3. The van der Waals surface area contributed by atoms with Crippen LogP contribution in [0.15, 0.2) is 60.7 Å². The van der Waals surface area contributed by atoms with E-state index in [1.165, 1.54) is 37.6 Å². The molecule has 4 atom stereocenters. The van der Waals surface area contributed by atoms with Crippen molar-refractivity contribution < 1.29 is 28.0 Å². The number of likely N-dealkylation sites (tertiary alicyclic amines) is 1. The Hall–Kier alpha value is -3.79. The van der Waals surface area contributed by atoms with Crippen LogP contribution in [-0.2, 0) is 20.8 Å². The van der Waals surface area contributed by atoms with Gasteiger partial charge in [0.1, 0.15) is 12.1 Å². The van der Waals surface area contributed by atoms with Gasteiger partial charge in [0.2, 0.25) is 17.7 Å². The zero-order valence-electron chi connectivity index (χ0n) is 26.3. The van der Waals surface area contributed by atoms with Crippen molar-refractivity contribution in [2.45, 2.75) is 90.3 Å². The Bertz CT molecular complexity index is 1390. The summed E-state index contributed by atoms with van der Waals surface area (Å²) < 4.78 is 29.5. The van der Waals surface area contributed by atoms with Crippen LogP contribution in [0.3, 0.4) is 0 Å². The molecule has 4 unspecified atom stereocenters. The van der Waals surface area contributed by atoms with Crippen LogP contribution in [0.4, 0.5) is 14.5 Å². The van der Waals surface area contributed by atoms with Gasteiger partial charge in [0.15, 0.2) is 0 Å². The Morgan fingerprint density at radius 1 is 1.07 bits per heavy atom. The van der Waals surface area contributed by atoms with Crippen LogP contribution >= 0.6 is 11.6 Å². The number of anilines is 1. The number of hydrogen-bond donors (Lipinski definition) is 3. The molecule has 0 saturated carbocycles. The fourth-order valence-electron chi connectivity index (χ4n) is 5.72. The van der Waals surface area contributed by atoms with E-state index in [2.05, 4.69) is 41.6 Å². The molecule has 0 spiro atoms. The number of rotatable bonds is 14. The topological polar surface area (TPSA) is 108 Å². The van der Waals surface area contributed by atoms with Crippen molar-refractivity contribution in [2.75, 3.05) is 11.9 Å². The Morgan fingerprint density at radius 2 is 1.76 bits per heavy atom. The fraction of sp³-hybridized carbons (Fsp3) is 0.471. The third-order valence-electron chi connectivity index (χ3n) is 7.89. The lowest BCUT2D eigenvalue weighted by atomic mass is 9.85. The lowest BCUT2D eigenvalue weighted by Crippen LogP contribution is -2.54. The average molecular weight is 645 g/mol. The van der Waals surface area contributed by atoms with Crippen molar-refractivity contribution >= 4 is 40.9 Å². The SMILES string of the molecule is C=C(C)CC(NC(=O)C1CC(F)(F)CN1C(=O)C(C)NC(=O)c1ccc(NC(C)=O)c(Cl)c1)C(CCC)CCc1ccccc1. The number of nitrogens with one attached hydrogen (secondary N) is 3. The van der Waals surface area contributed by atoms with Crippen molar-refractivity contribution in [2.24, 2.45) is 5.92 Å². The smallest absolute Gasteiger partial charge is 0.267 e. The second-order valence-electron chi connectivity index (χ2n) is 12.0. The van der Waals surface area contributed by atoms with Gasteiger partial charge in [0.05, 0.1) is 17.3 Å².